The Bertz CT molecular complexity index is 1010. The van der Waals surface area contributed by atoms with Gasteiger partial charge < -0.3 is 5.11 Å². The molecule has 1 unspecified atom stereocenters. The number of rotatable bonds is 32. The van der Waals surface area contributed by atoms with Crippen molar-refractivity contribution in [1.29, 1.82) is 0 Å². The van der Waals surface area contributed by atoms with Crippen molar-refractivity contribution in [2.75, 3.05) is 0 Å². The molecule has 4 heteroatoms. The van der Waals surface area contributed by atoms with E-state index in [-0.39, 0.29) is 12.0 Å². The minimum atomic E-state index is -1.02. The predicted octanol–water partition coefficient (Wildman–Crippen LogP) is 13.8. The molecule has 2 rings (SSSR count). The summed E-state index contributed by atoms with van der Waals surface area (Å²) < 4.78 is 0. The quantitative estimate of drug-likeness (QED) is 0.0611. The van der Waals surface area contributed by atoms with Gasteiger partial charge in [-0.3, -0.25) is 9.63 Å². The van der Waals surface area contributed by atoms with Crippen molar-refractivity contribution in [3.05, 3.63) is 84.0 Å². The number of hydrogen-bond donors (Lipinski definition) is 1. The van der Waals surface area contributed by atoms with Gasteiger partial charge in [0.1, 0.15) is 0 Å². The molecule has 276 valence electrons. The van der Waals surface area contributed by atoms with E-state index in [4.69, 9.17) is 4.84 Å². The summed E-state index contributed by atoms with van der Waals surface area (Å²) in [6.07, 6.45) is 49.0. The van der Waals surface area contributed by atoms with Crippen LogP contribution >= 0.6 is 0 Å². The second-order valence-corrected chi connectivity index (χ2v) is 14.1. The number of benzene rings is 1. The van der Waals surface area contributed by atoms with Crippen molar-refractivity contribution < 1.29 is 14.7 Å². The fourth-order valence-corrected chi connectivity index (χ4v) is 6.51. The molecule has 1 heterocycles. The van der Waals surface area contributed by atoms with Crippen LogP contribution in [-0.2, 0) is 4.84 Å². The van der Waals surface area contributed by atoms with Gasteiger partial charge in [-0.2, -0.15) is 5.06 Å². The van der Waals surface area contributed by atoms with Gasteiger partial charge in [-0.25, -0.2) is 0 Å². The van der Waals surface area contributed by atoms with Crippen LogP contribution in [0.2, 0.25) is 0 Å². The average Bonchev–Trinajstić information content (AvgIpc) is 3.35. The Morgan fingerprint density at radius 1 is 0.592 bits per heavy atom. The van der Waals surface area contributed by atoms with E-state index in [1.165, 1.54) is 133 Å². The van der Waals surface area contributed by atoms with Gasteiger partial charge in [-0.1, -0.05) is 171 Å². The topological polar surface area (TPSA) is 49.8 Å². The van der Waals surface area contributed by atoms with E-state index in [9.17, 15) is 9.90 Å². The molecular formula is C45H73NO3. The first-order valence-corrected chi connectivity index (χ1v) is 20.6. The largest absolute Gasteiger partial charge is 0.367 e. The van der Waals surface area contributed by atoms with Gasteiger partial charge in [0.05, 0.1) is 6.10 Å². The predicted molar refractivity (Wildman–Crippen MR) is 210 cm³/mol. The summed E-state index contributed by atoms with van der Waals surface area (Å²) in [4.78, 5) is 19.3. The molecule has 0 saturated heterocycles. The third kappa shape index (κ3) is 20.7. The molecule has 0 bridgehead atoms. The molecule has 1 aliphatic rings. The lowest BCUT2D eigenvalue weighted by atomic mass is 10.0. The Labute approximate surface area is 302 Å². The molecule has 49 heavy (non-hydrogen) atoms. The molecule has 0 saturated carbocycles. The second kappa shape index (κ2) is 30.4. The Hall–Kier alpha value is -2.43. The molecular weight excluding hydrogens is 602 g/mol. The average molecular weight is 676 g/mol. The highest BCUT2D eigenvalue weighted by atomic mass is 16.7. The van der Waals surface area contributed by atoms with E-state index < -0.39 is 6.23 Å². The summed E-state index contributed by atoms with van der Waals surface area (Å²) in [7, 11) is 0. The number of carbonyl (C=O) groups is 1. The fraction of sp³-hybridized carbons (Fsp3) is 0.667. The lowest BCUT2D eigenvalue weighted by Gasteiger charge is -2.26. The number of fused-ring (bicyclic) bond motifs is 1. The molecule has 1 atom stereocenters. The zero-order chi connectivity index (χ0) is 35.0. The summed E-state index contributed by atoms with van der Waals surface area (Å²) in [5.41, 5.74) is 1.20. The van der Waals surface area contributed by atoms with Crippen molar-refractivity contribution in [3.63, 3.8) is 0 Å². The molecule has 0 aromatic heterocycles. The van der Waals surface area contributed by atoms with Crippen molar-refractivity contribution in [3.8, 4) is 0 Å². The van der Waals surface area contributed by atoms with Crippen LogP contribution in [-0.4, -0.2) is 22.2 Å². The maximum absolute atomic E-state index is 13.0. The number of aliphatic hydroxyl groups excluding tert-OH is 1. The van der Waals surface area contributed by atoms with Gasteiger partial charge in [0.25, 0.3) is 5.91 Å². The number of hydrogen-bond acceptors (Lipinski definition) is 3. The van der Waals surface area contributed by atoms with Gasteiger partial charge in [0, 0.05) is 11.1 Å². The van der Waals surface area contributed by atoms with E-state index in [1.807, 2.05) is 18.2 Å². The second-order valence-electron chi connectivity index (χ2n) is 14.1. The summed E-state index contributed by atoms with van der Waals surface area (Å²) in [6.45, 7) is 4.51. The Morgan fingerprint density at radius 2 is 1.00 bits per heavy atom. The van der Waals surface area contributed by atoms with E-state index >= 15 is 0 Å². The zero-order valence-corrected chi connectivity index (χ0v) is 31.7. The van der Waals surface area contributed by atoms with Crippen LogP contribution in [0.5, 0.6) is 0 Å². The molecule has 1 aliphatic heterocycles. The van der Waals surface area contributed by atoms with Crippen molar-refractivity contribution in [1.82, 2.24) is 5.06 Å². The lowest BCUT2D eigenvalue weighted by molar-refractivity contribution is -0.230. The highest BCUT2D eigenvalue weighted by Crippen LogP contribution is 2.33. The maximum atomic E-state index is 13.0. The first-order valence-electron chi connectivity index (χ1n) is 20.6. The molecule has 0 radical (unpaired) electrons. The van der Waals surface area contributed by atoms with Crippen LogP contribution in [0, 0.1) is 0 Å². The third-order valence-electron chi connectivity index (χ3n) is 9.61. The zero-order valence-electron chi connectivity index (χ0n) is 31.7. The molecule has 1 aromatic rings. The molecule has 1 amide bonds. The summed E-state index contributed by atoms with van der Waals surface area (Å²) in [5.74, 6) is -0.220. The monoisotopic (exact) mass is 676 g/mol. The highest BCUT2D eigenvalue weighted by molar-refractivity contribution is 5.98. The van der Waals surface area contributed by atoms with Crippen LogP contribution in [0.3, 0.4) is 0 Å². The van der Waals surface area contributed by atoms with Gasteiger partial charge in [-0.05, 0) is 83.1 Å². The van der Waals surface area contributed by atoms with E-state index in [1.54, 1.807) is 6.07 Å². The number of carbonyl (C=O) groups excluding carboxylic acids is 1. The van der Waals surface area contributed by atoms with Crippen LogP contribution < -0.4 is 0 Å². The lowest BCUT2D eigenvalue weighted by Crippen LogP contribution is -2.33. The smallest absolute Gasteiger partial charge is 0.280 e. The minimum absolute atomic E-state index is 0.0374. The number of hydroxylamine groups is 2. The van der Waals surface area contributed by atoms with Gasteiger partial charge in [-0.15, -0.1) is 0 Å². The molecule has 0 spiro atoms. The molecule has 4 nitrogen and oxygen atoms in total. The van der Waals surface area contributed by atoms with Crippen molar-refractivity contribution in [2.45, 2.75) is 193 Å². The Balaban J connectivity index is 1.60. The number of nitrogens with zero attached hydrogens (tertiary/aromatic N) is 1. The van der Waals surface area contributed by atoms with Crippen LogP contribution in [0.15, 0.2) is 72.9 Å². The summed E-state index contributed by atoms with van der Waals surface area (Å²) >= 11 is 0. The maximum Gasteiger partial charge on any atom is 0.280 e. The number of unbranched alkanes of at least 4 members (excludes halogenated alkanes) is 18. The Kier molecular flexibility index (Phi) is 26.5. The van der Waals surface area contributed by atoms with Crippen LogP contribution in [0.1, 0.15) is 203 Å². The third-order valence-corrected chi connectivity index (χ3v) is 9.61. The molecule has 0 fully saturated rings. The molecule has 1 aromatic carbocycles. The first-order chi connectivity index (χ1) is 24.2. The van der Waals surface area contributed by atoms with Crippen LogP contribution in [0.25, 0.3) is 0 Å². The highest BCUT2D eigenvalue weighted by Gasteiger charge is 2.37. The number of aliphatic hydroxyl groups is 1. The minimum Gasteiger partial charge on any atom is -0.367 e. The molecule has 0 aliphatic carbocycles. The molecule has 1 N–H and O–H groups in total. The van der Waals surface area contributed by atoms with Crippen molar-refractivity contribution >= 4 is 5.91 Å². The number of allylic oxidation sites excluding steroid dienone is 8. The normalized spacial score (nSPS) is 15.6. The SMILES string of the molecule is CCCCCC=CCC=CCCCCCCCCC(CCCCCCCCC=CCC=CCCCCC)ON1C(=O)c2ccccc2C1O. The van der Waals surface area contributed by atoms with Crippen molar-refractivity contribution in [2.24, 2.45) is 0 Å². The first kappa shape index (κ1) is 42.7. The van der Waals surface area contributed by atoms with E-state index in [2.05, 4.69) is 62.5 Å². The van der Waals surface area contributed by atoms with Gasteiger partial charge in [0.2, 0.25) is 0 Å². The van der Waals surface area contributed by atoms with Gasteiger partial charge >= 0.3 is 0 Å². The van der Waals surface area contributed by atoms with E-state index in [0.29, 0.717) is 11.1 Å². The fourth-order valence-electron chi connectivity index (χ4n) is 6.51. The van der Waals surface area contributed by atoms with Crippen LogP contribution in [0.4, 0.5) is 0 Å². The van der Waals surface area contributed by atoms with E-state index in [0.717, 1.165) is 38.5 Å². The summed E-state index contributed by atoms with van der Waals surface area (Å²) in [5, 5.41) is 12.1. The number of amides is 1. The Morgan fingerprint density at radius 3 is 1.45 bits per heavy atom. The van der Waals surface area contributed by atoms with Gasteiger partial charge in [0.15, 0.2) is 6.23 Å². The summed E-state index contributed by atoms with van der Waals surface area (Å²) in [6, 6.07) is 7.31. The standard InChI is InChI=1S/C45H73NO3/c1-3-5-7-9-11-13-15-17-19-21-23-25-27-29-31-33-37-41(49-46-44(47)42-39-35-36-40-43(42)45(46)48)38-34-32-30-28-26-24-22-20-18-16-14-12-10-8-6-4-2/h11-14,17-20,35-36,39-41,44,47H,3-10,15-16,21-34,37-38H2,1-2H3.